The van der Waals surface area contributed by atoms with Gasteiger partial charge in [0.1, 0.15) is 0 Å². The highest BCUT2D eigenvalue weighted by Gasteiger charge is 2.20. The van der Waals surface area contributed by atoms with E-state index in [0.29, 0.717) is 6.54 Å². The minimum Gasteiger partial charge on any atom is -0.352 e. The van der Waals surface area contributed by atoms with Crippen molar-refractivity contribution in [3.05, 3.63) is 34.9 Å². The van der Waals surface area contributed by atoms with Gasteiger partial charge in [-0.05, 0) is 56.3 Å². The predicted octanol–water partition coefficient (Wildman–Crippen LogP) is 2.39. The molecule has 1 amide bonds. The van der Waals surface area contributed by atoms with Gasteiger partial charge >= 0.3 is 0 Å². The van der Waals surface area contributed by atoms with E-state index in [-0.39, 0.29) is 11.9 Å². The molecule has 1 aliphatic rings. The Labute approximate surface area is 119 Å². The Morgan fingerprint density at radius 1 is 1.47 bits per heavy atom. The fourth-order valence-corrected chi connectivity index (χ4v) is 2.32. The first-order chi connectivity index (χ1) is 9.13. The SMILES string of the molecule is CC(Cc1cccc(Cl)c1)NC(=O)CNCC1CC1. The molecule has 1 atom stereocenters. The van der Waals surface area contributed by atoms with E-state index in [9.17, 15) is 4.79 Å². The van der Waals surface area contributed by atoms with E-state index in [1.807, 2.05) is 31.2 Å². The third-order valence-corrected chi connectivity index (χ3v) is 3.49. The van der Waals surface area contributed by atoms with Gasteiger partial charge in [0.15, 0.2) is 0 Å². The molecular formula is C15H21ClN2O. The van der Waals surface area contributed by atoms with Crippen molar-refractivity contribution in [2.45, 2.75) is 32.2 Å². The first kappa shape index (κ1) is 14.4. The molecule has 0 spiro atoms. The van der Waals surface area contributed by atoms with Crippen LogP contribution in [0.2, 0.25) is 5.02 Å². The first-order valence-corrected chi connectivity index (χ1v) is 7.26. The Hall–Kier alpha value is -1.06. The second-order valence-corrected chi connectivity index (χ2v) is 5.81. The van der Waals surface area contributed by atoms with Gasteiger partial charge in [0.05, 0.1) is 6.54 Å². The van der Waals surface area contributed by atoms with Crippen molar-refractivity contribution in [2.75, 3.05) is 13.1 Å². The van der Waals surface area contributed by atoms with Crippen molar-refractivity contribution in [3.63, 3.8) is 0 Å². The fourth-order valence-electron chi connectivity index (χ4n) is 2.11. The van der Waals surface area contributed by atoms with Gasteiger partial charge in [-0.3, -0.25) is 4.79 Å². The summed E-state index contributed by atoms with van der Waals surface area (Å²) in [7, 11) is 0. The normalized spacial score (nSPS) is 16.1. The molecule has 0 aliphatic heterocycles. The summed E-state index contributed by atoms with van der Waals surface area (Å²) in [6.45, 7) is 3.40. The lowest BCUT2D eigenvalue weighted by Crippen LogP contribution is -2.40. The predicted molar refractivity (Wildman–Crippen MR) is 78.4 cm³/mol. The van der Waals surface area contributed by atoms with Gasteiger partial charge in [-0.15, -0.1) is 0 Å². The zero-order valence-electron chi connectivity index (χ0n) is 11.3. The minimum atomic E-state index is 0.0650. The average molecular weight is 281 g/mol. The van der Waals surface area contributed by atoms with Crippen molar-refractivity contribution in [3.8, 4) is 0 Å². The number of rotatable bonds is 7. The maximum Gasteiger partial charge on any atom is 0.234 e. The van der Waals surface area contributed by atoms with E-state index >= 15 is 0 Å². The van der Waals surface area contributed by atoms with E-state index < -0.39 is 0 Å². The molecule has 104 valence electrons. The number of nitrogens with one attached hydrogen (secondary N) is 2. The van der Waals surface area contributed by atoms with Gasteiger partial charge in [-0.25, -0.2) is 0 Å². The molecule has 1 aromatic carbocycles. The van der Waals surface area contributed by atoms with E-state index in [4.69, 9.17) is 11.6 Å². The molecule has 1 saturated carbocycles. The van der Waals surface area contributed by atoms with Gasteiger partial charge < -0.3 is 10.6 Å². The molecule has 1 aromatic rings. The standard InChI is InChI=1S/C15H21ClN2O/c1-11(7-13-3-2-4-14(16)8-13)18-15(19)10-17-9-12-5-6-12/h2-4,8,11-12,17H,5-7,9-10H2,1H3,(H,18,19). The average Bonchev–Trinajstić information content (AvgIpc) is 3.12. The molecule has 19 heavy (non-hydrogen) atoms. The molecular weight excluding hydrogens is 260 g/mol. The van der Waals surface area contributed by atoms with Crippen LogP contribution in [0.15, 0.2) is 24.3 Å². The molecule has 0 heterocycles. The molecule has 0 aromatic heterocycles. The lowest BCUT2D eigenvalue weighted by molar-refractivity contribution is -0.120. The Morgan fingerprint density at radius 3 is 2.95 bits per heavy atom. The molecule has 1 unspecified atom stereocenters. The zero-order valence-corrected chi connectivity index (χ0v) is 12.0. The molecule has 1 aliphatic carbocycles. The summed E-state index contributed by atoms with van der Waals surface area (Å²) in [4.78, 5) is 11.7. The maximum atomic E-state index is 11.7. The van der Waals surface area contributed by atoms with Crippen molar-refractivity contribution in [1.82, 2.24) is 10.6 Å². The monoisotopic (exact) mass is 280 g/mol. The van der Waals surface area contributed by atoms with E-state index in [1.165, 1.54) is 12.8 Å². The summed E-state index contributed by atoms with van der Waals surface area (Å²) in [6, 6.07) is 7.88. The van der Waals surface area contributed by atoms with Crippen LogP contribution in [0.4, 0.5) is 0 Å². The summed E-state index contributed by atoms with van der Waals surface area (Å²) in [5.41, 5.74) is 1.14. The Morgan fingerprint density at radius 2 is 2.26 bits per heavy atom. The van der Waals surface area contributed by atoms with Crippen LogP contribution in [0.25, 0.3) is 0 Å². The van der Waals surface area contributed by atoms with Gasteiger partial charge in [0, 0.05) is 11.1 Å². The molecule has 2 N–H and O–H groups in total. The van der Waals surface area contributed by atoms with Gasteiger partial charge in [0.25, 0.3) is 0 Å². The number of carbonyl (C=O) groups is 1. The van der Waals surface area contributed by atoms with Crippen molar-refractivity contribution >= 4 is 17.5 Å². The Kier molecular flexibility index (Phi) is 5.23. The second-order valence-electron chi connectivity index (χ2n) is 5.38. The van der Waals surface area contributed by atoms with Crippen molar-refractivity contribution in [1.29, 1.82) is 0 Å². The largest absolute Gasteiger partial charge is 0.352 e. The summed E-state index contributed by atoms with van der Waals surface area (Å²) in [5.74, 6) is 0.867. The van der Waals surface area contributed by atoms with E-state index in [2.05, 4.69) is 10.6 Å². The molecule has 1 fully saturated rings. The lowest BCUT2D eigenvalue weighted by Gasteiger charge is -2.14. The van der Waals surface area contributed by atoms with Crippen LogP contribution >= 0.6 is 11.6 Å². The van der Waals surface area contributed by atoms with Crippen LogP contribution in [0.3, 0.4) is 0 Å². The highest BCUT2D eigenvalue weighted by molar-refractivity contribution is 6.30. The van der Waals surface area contributed by atoms with E-state index in [0.717, 1.165) is 29.5 Å². The van der Waals surface area contributed by atoms with Gasteiger partial charge in [-0.2, -0.15) is 0 Å². The van der Waals surface area contributed by atoms with Crippen LogP contribution in [-0.2, 0) is 11.2 Å². The first-order valence-electron chi connectivity index (χ1n) is 6.88. The van der Waals surface area contributed by atoms with Crippen LogP contribution in [0.1, 0.15) is 25.3 Å². The molecule has 0 radical (unpaired) electrons. The molecule has 4 heteroatoms. The number of carbonyl (C=O) groups excluding carboxylic acids is 1. The zero-order chi connectivity index (χ0) is 13.7. The van der Waals surface area contributed by atoms with Crippen LogP contribution in [0, 0.1) is 5.92 Å². The fraction of sp³-hybridized carbons (Fsp3) is 0.533. The van der Waals surface area contributed by atoms with Crippen LogP contribution in [0.5, 0.6) is 0 Å². The van der Waals surface area contributed by atoms with Crippen molar-refractivity contribution < 1.29 is 4.79 Å². The number of benzene rings is 1. The second kappa shape index (κ2) is 6.92. The summed E-state index contributed by atoms with van der Waals surface area (Å²) in [5, 5.41) is 6.93. The Bertz CT molecular complexity index is 432. The molecule has 0 saturated heterocycles. The molecule has 3 nitrogen and oxygen atoms in total. The van der Waals surface area contributed by atoms with Crippen molar-refractivity contribution in [2.24, 2.45) is 5.92 Å². The summed E-state index contributed by atoms with van der Waals surface area (Å²) < 4.78 is 0. The number of amides is 1. The summed E-state index contributed by atoms with van der Waals surface area (Å²) >= 11 is 5.94. The third kappa shape index (κ3) is 5.62. The maximum absolute atomic E-state index is 11.7. The third-order valence-electron chi connectivity index (χ3n) is 3.25. The molecule has 2 rings (SSSR count). The quantitative estimate of drug-likeness (QED) is 0.805. The number of halogens is 1. The van der Waals surface area contributed by atoms with Crippen LogP contribution in [-0.4, -0.2) is 25.0 Å². The van der Waals surface area contributed by atoms with Gasteiger partial charge in [0.2, 0.25) is 5.91 Å². The molecule has 0 bridgehead atoms. The Balaban J connectivity index is 1.67. The minimum absolute atomic E-state index is 0.0650. The van der Waals surface area contributed by atoms with Gasteiger partial charge in [-0.1, -0.05) is 23.7 Å². The smallest absolute Gasteiger partial charge is 0.234 e. The van der Waals surface area contributed by atoms with E-state index in [1.54, 1.807) is 0 Å². The highest BCUT2D eigenvalue weighted by Crippen LogP contribution is 2.27. The summed E-state index contributed by atoms with van der Waals surface area (Å²) in [6.07, 6.45) is 3.41. The number of hydrogen-bond donors (Lipinski definition) is 2. The van der Waals surface area contributed by atoms with Crippen LogP contribution < -0.4 is 10.6 Å². The number of hydrogen-bond acceptors (Lipinski definition) is 2. The lowest BCUT2D eigenvalue weighted by atomic mass is 10.1. The topological polar surface area (TPSA) is 41.1 Å². The highest BCUT2D eigenvalue weighted by atomic mass is 35.5.